The number of aliphatic imine (C=N–C) groups is 2. The minimum absolute atomic E-state index is 0. The van der Waals surface area contributed by atoms with Gasteiger partial charge in [-0.2, -0.15) is 4.99 Å². The molecule has 6 N–H and O–H groups in total. The fraction of sp³-hybridized carbons (Fsp3) is 0.167. The lowest BCUT2D eigenvalue weighted by Crippen LogP contribution is -2.26. The summed E-state index contributed by atoms with van der Waals surface area (Å²) in [6.45, 7) is 1.85. The fourth-order valence-electron chi connectivity index (χ4n) is 1.63. The number of rotatable bonds is 2. The van der Waals surface area contributed by atoms with Crippen LogP contribution in [-0.2, 0) is 0 Å². The van der Waals surface area contributed by atoms with Gasteiger partial charge in [0.1, 0.15) is 17.4 Å². The Kier molecular flexibility index (Phi) is 4.77. The molecule has 2 aromatic rings. The number of halogens is 1. The maximum Gasteiger partial charge on any atom is 0.219 e. The quantitative estimate of drug-likeness (QED) is 0.571. The lowest BCUT2D eigenvalue weighted by Gasteiger charge is -2.02. The molecule has 102 valence electrons. The maximum absolute atomic E-state index is 5.66. The maximum atomic E-state index is 5.66. The fourth-order valence-corrected chi connectivity index (χ4v) is 1.63. The third-order valence-corrected chi connectivity index (χ3v) is 2.43. The molecule has 1 aromatic heterocycles. The minimum atomic E-state index is -0.250. The molecule has 1 unspecified atom stereocenters. The summed E-state index contributed by atoms with van der Waals surface area (Å²) >= 11 is 0. The summed E-state index contributed by atoms with van der Waals surface area (Å²) in [5, 5.41) is 1.02. The van der Waals surface area contributed by atoms with Crippen LogP contribution in [0.5, 0.6) is 0 Å². The normalized spacial score (nSPS) is 12.8. The Morgan fingerprint density at radius 1 is 1.21 bits per heavy atom. The first-order chi connectivity index (χ1) is 8.56. The van der Waals surface area contributed by atoms with Crippen molar-refractivity contribution in [3.8, 4) is 0 Å². The summed E-state index contributed by atoms with van der Waals surface area (Å²) in [4.78, 5) is 7.79. The molecule has 0 fully saturated rings. The van der Waals surface area contributed by atoms with E-state index in [4.69, 9.17) is 21.6 Å². The molecule has 0 aliphatic heterocycles. The van der Waals surface area contributed by atoms with Gasteiger partial charge in [-0.1, -0.05) is 18.2 Å². The van der Waals surface area contributed by atoms with Crippen LogP contribution in [0.3, 0.4) is 0 Å². The van der Waals surface area contributed by atoms with Crippen molar-refractivity contribution >= 4 is 35.3 Å². The third-order valence-electron chi connectivity index (χ3n) is 2.43. The average Bonchev–Trinajstić information content (AvgIpc) is 2.71. The molecular weight excluding hydrogens is 266 g/mol. The van der Waals surface area contributed by atoms with E-state index in [1.54, 1.807) is 0 Å². The molecule has 1 atom stereocenters. The predicted octanol–water partition coefficient (Wildman–Crippen LogP) is 1.50. The highest BCUT2D eigenvalue weighted by molar-refractivity contribution is 5.92. The Labute approximate surface area is 116 Å². The highest BCUT2D eigenvalue weighted by Crippen LogP contribution is 2.25. The van der Waals surface area contributed by atoms with Gasteiger partial charge in [-0.05, 0) is 19.1 Å². The number of guanidine groups is 2. The van der Waals surface area contributed by atoms with Crippen molar-refractivity contribution in [1.29, 1.82) is 0 Å². The van der Waals surface area contributed by atoms with E-state index in [9.17, 15) is 0 Å². The molecule has 6 nitrogen and oxygen atoms in total. The second kappa shape index (κ2) is 6.10. The molecule has 2 rings (SSSR count). The van der Waals surface area contributed by atoms with E-state index in [-0.39, 0.29) is 30.4 Å². The number of benzene rings is 1. The number of hydrogen-bond acceptors (Lipinski definition) is 2. The average molecular weight is 282 g/mol. The predicted molar refractivity (Wildman–Crippen MR) is 79.3 cm³/mol. The van der Waals surface area contributed by atoms with E-state index in [1.165, 1.54) is 0 Å². The molecule has 1 heterocycles. The molecule has 0 aliphatic rings. The molecule has 0 radical (unpaired) electrons. The first kappa shape index (κ1) is 14.8. The van der Waals surface area contributed by atoms with Crippen LogP contribution in [-0.4, -0.2) is 11.9 Å². The van der Waals surface area contributed by atoms with Crippen LogP contribution in [0.1, 0.15) is 18.7 Å². The second-order valence-corrected chi connectivity index (χ2v) is 3.89. The summed E-state index contributed by atoms with van der Waals surface area (Å²) in [5.41, 5.74) is 16.8. The zero-order chi connectivity index (χ0) is 13.1. The van der Waals surface area contributed by atoms with E-state index in [2.05, 4.69) is 9.98 Å². The zero-order valence-corrected chi connectivity index (χ0v) is 11.2. The zero-order valence-electron chi connectivity index (χ0n) is 10.4. The van der Waals surface area contributed by atoms with E-state index >= 15 is 0 Å². The van der Waals surface area contributed by atoms with Crippen molar-refractivity contribution in [3.63, 3.8) is 0 Å². The number of furan rings is 1. The van der Waals surface area contributed by atoms with Crippen molar-refractivity contribution in [2.75, 3.05) is 0 Å². The smallest absolute Gasteiger partial charge is 0.219 e. The lowest BCUT2D eigenvalue weighted by atomic mass is 10.2. The first-order valence-corrected chi connectivity index (χ1v) is 5.47. The van der Waals surface area contributed by atoms with Crippen LogP contribution in [0.25, 0.3) is 11.0 Å². The largest absolute Gasteiger partial charge is 0.459 e. The van der Waals surface area contributed by atoms with Crippen molar-refractivity contribution < 1.29 is 4.42 Å². The van der Waals surface area contributed by atoms with Gasteiger partial charge in [-0.3, -0.25) is 0 Å². The van der Waals surface area contributed by atoms with Gasteiger partial charge in [0.15, 0.2) is 5.96 Å². The van der Waals surface area contributed by atoms with Crippen LogP contribution < -0.4 is 17.2 Å². The van der Waals surface area contributed by atoms with Gasteiger partial charge in [0.2, 0.25) is 5.96 Å². The molecular formula is C12H16ClN5O. The van der Waals surface area contributed by atoms with Gasteiger partial charge in [-0.15, -0.1) is 12.4 Å². The Bertz CT molecular complexity index is 582. The number of nitrogens with zero attached hydrogens (tertiary/aromatic N) is 2. The monoisotopic (exact) mass is 281 g/mol. The molecule has 0 aliphatic carbocycles. The van der Waals surface area contributed by atoms with E-state index in [1.807, 2.05) is 37.3 Å². The summed E-state index contributed by atoms with van der Waals surface area (Å²) in [5.74, 6) is 0.626. The van der Waals surface area contributed by atoms with Crippen LogP contribution in [0, 0.1) is 0 Å². The van der Waals surface area contributed by atoms with Crippen molar-refractivity contribution in [1.82, 2.24) is 0 Å². The highest BCUT2D eigenvalue weighted by atomic mass is 35.5. The summed E-state index contributed by atoms with van der Waals surface area (Å²) < 4.78 is 5.66. The van der Waals surface area contributed by atoms with Gasteiger partial charge in [0, 0.05) is 5.39 Å². The summed E-state index contributed by atoms with van der Waals surface area (Å²) in [7, 11) is 0. The van der Waals surface area contributed by atoms with Gasteiger partial charge in [-0.25, -0.2) is 4.99 Å². The number of hydrogen-bond donors (Lipinski definition) is 3. The van der Waals surface area contributed by atoms with Crippen LogP contribution >= 0.6 is 12.4 Å². The van der Waals surface area contributed by atoms with Gasteiger partial charge in [0.05, 0.1) is 0 Å². The Morgan fingerprint density at radius 2 is 1.89 bits per heavy atom. The van der Waals surface area contributed by atoms with Crippen LogP contribution in [0.2, 0.25) is 0 Å². The van der Waals surface area contributed by atoms with Crippen LogP contribution in [0.4, 0.5) is 0 Å². The Hall–Kier alpha value is -2.21. The molecule has 0 saturated carbocycles. The van der Waals surface area contributed by atoms with Crippen molar-refractivity contribution in [2.24, 2.45) is 27.2 Å². The van der Waals surface area contributed by atoms with E-state index in [0.29, 0.717) is 5.76 Å². The topological polar surface area (TPSA) is 116 Å². The summed E-state index contributed by atoms with van der Waals surface area (Å²) in [6, 6.07) is 9.40. The van der Waals surface area contributed by atoms with E-state index in [0.717, 1.165) is 11.0 Å². The minimum Gasteiger partial charge on any atom is -0.459 e. The summed E-state index contributed by atoms with van der Waals surface area (Å²) in [6.07, 6.45) is 0. The van der Waals surface area contributed by atoms with Gasteiger partial charge >= 0.3 is 0 Å². The number of nitrogens with two attached hydrogens (primary N) is 3. The Balaban J connectivity index is 0.00000180. The lowest BCUT2D eigenvalue weighted by molar-refractivity contribution is 0.514. The first-order valence-electron chi connectivity index (χ1n) is 5.47. The molecule has 0 amide bonds. The van der Waals surface area contributed by atoms with Gasteiger partial charge < -0.3 is 21.6 Å². The number of fused-ring (bicyclic) bond motifs is 1. The molecule has 0 spiro atoms. The molecule has 19 heavy (non-hydrogen) atoms. The molecule has 7 heteroatoms. The van der Waals surface area contributed by atoms with E-state index < -0.39 is 0 Å². The van der Waals surface area contributed by atoms with Gasteiger partial charge in [0.25, 0.3) is 0 Å². The molecule has 1 aromatic carbocycles. The van der Waals surface area contributed by atoms with Crippen molar-refractivity contribution in [2.45, 2.75) is 13.0 Å². The number of para-hydroxylation sites is 1. The Morgan fingerprint density at radius 3 is 2.53 bits per heavy atom. The SMILES string of the molecule is CC(N=C(N)N=C(N)N)c1cc2ccccc2o1.Cl. The molecule has 0 saturated heterocycles. The highest BCUT2D eigenvalue weighted by Gasteiger charge is 2.10. The van der Waals surface area contributed by atoms with Crippen molar-refractivity contribution in [3.05, 3.63) is 36.1 Å². The van der Waals surface area contributed by atoms with Crippen LogP contribution in [0.15, 0.2) is 44.7 Å². The second-order valence-electron chi connectivity index (χ2n) is 3.89. The molecule has 0 bridgehead atoms. The standard InChI is InChI=1S/C12H15N5O.ClH/c1-7(16-12(15)17-11(13)14)10-6-8-4-2-3-5-9(8)18-10;/h2-7H,1H3,(H6,13,14,15,16,17);1H. The third kappa shape index (κ3) is 3.62.